The van der Waals surface area contributed by atoms with Crippen LogP contribution in [0.2, 0.25) is 0 Å². The summed E-state index contributed by atoms with van der Waals surface area (Å²) in [5, 5.41) is 0. The van der Waals surface area contributed by atoms with Crippen LogP contribution in [-0.2, 0) is 19.9 Å². The van der Waals surface area contributed by atoms with Crippen LogP contribution < -0.4 is 5.73 Å². The molecule has 130 valence electrons. The van der Waals surface area contributed by atoms with Gasteiger partial charge in [0.1, 0.15) is 0 Å². The smallest absolute Gasteiger partial charge is 0.179 e. The predicted octanol–water partition coefficient (Wildman–Crippen LogP) is 4.21. The van der Waals surface area contributed by atoms with E-state index in [2.05, 4.69) is 37.3 Å². The third kappa shape index (κ3) is 5.34. The van der Waals surface area contributed by atoms with Crippen LogP contribution in [0.5, 0.6) is 0 Å². The number of hydrogen-bond donors (Lipinski definition) is 1. The maximum Gasteiger partial charge on any atom is 0.179 e. The summed E-state index contributed by atoms with van der Waals surface area (Å²) in [7, 11) is 1.98. The lowest BCUT2D eigenvalue weighted by Gasteiger charge is -2.18. The molecule has 2 aromatic rings. The van der Waals surface area contributed by atoms with Crippen molar-refractivity contribution in [2.75, 3.05) is 0 Å². The van der Waals surface area contributed by atoms with Crippen molar-refractivity contribution in [2.45, 2.75) is 58.4 Å². The second kappa shape index (κ2) is 7.80. The van der Waals surface area contributed by atoms with Gasteiger partial charge in [-0.3, -0.25) is 4.79 Å². The first-order valence-electron chi connectivity index (χ1n) is 8.78. The van der Waals surface area contributed by atoms with Crippen LogP contribution in [0.3, 0.4) is 0 Å². The molecule has 0 unspecified atom stereocenters. The molecule has 0 amide bonds. The summed E-state index contributed by atoms with van der Waals surface area (Å²) in [5.74, 6) is 0.225. The first-order valence-corrected chi connectivity index (χ1v) is 8.78. The van der Waals surface area contributed by atoms with Gasteiger partial charge < -0.3 is 10.3 Å². The Labute approximate surface area is 145 Å². The Balaban J connectivity index is 1.89. The number of aryl methyl sites for hydroxylation is 3. The molecule has 3 heteroatoms. The zero-order valence-electron chi connectivity index (χ0n) is 15.4. The van der Waals surface area contributed by atoms with Gasteiger partial charge in [0.15, 0.2) is 5.78 Å². The van der Waals surface area contributed by atoms with Crippen LogP contribution in [0.15, 0.2) is 36.4 Å². The van der Waals surface area contributed by atoms with Crippen molar-refractivity contribution in [3.05, 3.63) is 58.9 Å². The van der Waals surface area contributed by atoms with Gasteiger partial charge in [-0.1, -0.05) is 29.8 Å². The number of ketones is 1. The van der Waals surface area contributed by atoms with Crippen molar-refractivity contribution in [3.63, 3.8) is 0 Å². The van der Waals surface area contributed by atoms with Crippen molar-refractivity contribution < 1.29 is 4.79 Å². The van der Waals surface area contributed by atoms with E-state index in [9.17, 15) is 4.79 Å². The Morgan fingerprint density at radius 3 is 2.58 bits per heavy atom. The molecule has 1 aromatic heterocycles. The molecular formula is C21H30N2O. The molecule has 0 aliphatic rings. The van der Waals surface area contributed by atoms with E-state index in [-0.39, 0.29) is 11.3 Å². The maximum atomic E-state index is 12.5. The second-order valence-corrected chi connectivity index (χ2v) is 7.52. The highest BCUT2D eigenvalue weighted by Gasteiger charge is 2.15. The molecule has 3 nitrogen and oxygen atoms in total. The number of aromatic nitrogens is 1. The summed E-state index contributed by atoms with van der Waals surface area (Å²) < 4.78 is 2.03. The van der Waals surface area contributed by atoms with E-state index < -0.39 is 0 Å². The highest BCUT2D eigenvalue weighted by atomic mass is 16.1. The molecule has 0 radical (unpaired) electrons. The minimum Gasteiger partial charge on any atom is -0.345 e. The van der Waals surface area contributed by atoms with Gasteiger partial charge >= 0.3 is 0 Å². The van der Waals surface area contributed by atoms with E-state index in [0.29, 0.717) is 6.42 Å². The standard InChI is InChI=1S/C21H30N2O/c1-16-7-5-8-17(15-16)9-6-10-20(24)19-12-11-18(23(19)4)13-14-21(2,3)22/h5,7-8,11-12,15H,6,9-10,13-14,22H2,1-4H3. The quantitative estimate of drug-likeness (QED) is 0.739. The first kappa shape index (κ1) is 18.5. The van der Waals surface area contributed by atoms with Crippen LogP contribution in [-0.4, -0.2) is 15.9 Å². The van der Waals surface area contributed by atoms with Crippen molar-refractivity contribution in [2.24, 2.45) is 12.8 Å². The lowest BCUT2D eigenvalue weighted by molar-refractivity contribution is 0.0972. The summed E-state index contributed by atoms with van der Waals surface area (Å²) in [4.78, 5) is 12.5. The van der Waals surface area contributed by atoms with E-state index in [0.717, 1.165) is 31.4 Å². The SMILES string of the molecule is Cc1cccc(CCCC(=O)c2ccc(CCC(C)(C)N)n2C)c1. The van der Waals surface area contributed by atoms with E-state index in [1.807, 2.05) is 31.5 Å². The van der Waals surface area contributed by atoms with Gasteiger partial charge in [0.25, 0.3) is 0 Å². The Kier molecular flexibility index (Phi) is 6.00. The molecule has 0 atom stereocenters. The summed E-state index contributed by atoms with van der Waals surface area (Å²) >= 11 is 0. The number of benzene rings is 1. The largest absolute Gasteiger partial charge is 0.345 e. The maximum absolute atomic E-state index is 12.5. The van der Waals surface area contributed by atoms with E-state index in [1.165, 1.54) is 16.8 Å². The van der Waals surface area contributed by atoms with Gasteiger partial charge in [-0.25, -0.2) is 0 Å². The Bertz CT molecular complexity index is 692. The summed E-state index contributed by atoms with van der Waals surface area (Å²) in [6.07, 6.45) is 4.24. The average molecular weight is 326 g/mol. The molecule has 0 saturated carbocycles. The average Bonchev–Trinajstić information content (AvgIpc) is 2.85. The second-order valence-electron chi connectivity index (χ2n) is 7.52. The Morgan fingerprint density at radius 1 is 1.17 bits per heavy atom. The third-order valence-electron chi connectivity index (χ3n) is 4.49. The van der Waals surface area contributed by atoms with Gasteiger partial charge in [-0.05, 0) is 64.2 Å². The highest BCUT2D eigenvalue weighted by Crippen LogP contribution is 2.16. The van der Waals surface area contributed by atoms with Crippen LogP contribution in [0.4, 0.5) is 0 Å². The number of carbonyl (C=O) groups excluding carboxylic acids is 1. The van der Waals surface area contributed by atoms with E-state index >= 15 is 0 Å². The highest BCUT2D eigenvalue weighted by molar-refractivity contribution is 5.94. The van der Waals surface area contributed by atoms with E-state index in [4.69, 9.17) is 5.73 Å². The minimum absolute atomic E-state index is 0.178. The molecule has 2 N–H and O–H groups in total. The van der Waals surface area contributed by atoms with Crippen LogP contribution in [0.1, 0.15) is 60.4 Å². The lowest BCUT2D eigenvalue weighted by atomic mass is 9.99. The number of hydrogen-bond acceptors (Lipinski definition) is 2. The van der Waals surface area contributed by atoms with Crippen LogP contribution in [0.25, 0.3) is 0 Å². The molecule has 1 aromatic carbocycles. The molecule has 0 bridgehead atoms. The summed E-state index contributed by atoms with van der Waals surface area (Å²) in [6.45, 7) is 6.17. The number of nitrogens with zero attached hydrogens (tertiary/aromatic N) is 1. The van der Waals surface area contributed by atoms with Crippen molar-refractivity contribution in [1.82, 2.24) is 4.57 Å². The van der Waals surface area contributed by atoms with E-state index in [1.54, 1.807) is 0 Å². The molecule has 0 aliphatic heterocycles. The molecule has 1 heterocycles. The fraction of sp³-hybridized carbons (Fsp3) is 0.476. The predicted molar refractivity (Wildman–Crippen MR) is 100 cm³/mol. The number of rotatable bonds is 8. The lowest BCUT2D eigenvalue weighted by Crippen LogP contribution is -2.32. The Hall–Kier alpha value is -1.87. The van der Waals surface area contributed by atoms with Gasteiger partial charge in [-0.2, -0.15) is 0 Å². The minimum atomic E-state index is -0.178. The molecule has 0 saturated heterocycles. The first-order chi connectivity index (χ1) is 11.3. The molecule has 24 heavy (non-hydrogen) atoms. The zero-order chi connectivity index (χ0) is 17.7. The third-order valence-corrected chi connectivity index (χ3v) is 4.49. The Morgan fingerprint density at radius 2 is 1.92 bits per heavy atom. The normalized spacial score (nSPS) is 11.7. The van der Waals surface area contributed by atoms with Gasteiger partial charge in [0.2, 0.25) is 0 Å². The molecular weight excluding hydrogens is 296 g/mol. The zero-order valence-corrected chi connectivity index (χ0v) is 15.4. The monoisotopic (exact) mass is 326 g/mol. The summed E-state index contributed by atoms with van der Waals surface area (Å²) in [6, 6.07) is 12.5. The molecule has 0 aliphatic carbocycles. The number of Topliss-reactive ketones (excluding diaryl/α,β-unsaturated/α-hetero) is 1. The van der Waals surface area contributed by atoms with Crippen LogP contribution in [0, 0.1) is 6.92 Å². The molecule has 0 fully saturated rings. The van der Waals surface area contributed by atoms with Crippen molar-refractivity contribution in [3.8, 4) is 0 Å². The van der Waals surface area contributed by atoms with Crippen LogP contribution >= 0.6 is 0 Å². The fourth-order valence-corrected chi connectivity index (χ4v) is 2.98. The molecule has 2 rings (SSSR count). The summed E-state index contributed by atoms with van der Waals surface area (Å²) in [5.41, 5.74) is 10.4. The topological polar surface area (TPSA) is 48.0 Å². The molecule has 0 spiro atoms. The fourth-order valence-electron chi connectivity index (χ4n) is 2.98. The van der Waals surface area contributed by atoms with Crippen molar-refractivity contribution in [1.29, 1.82) is 0 Å². The van der Waals surface area contributed by atoms with Crippen molar-refractivity contribution >= 4 is 5.78 Å². The van der Waals surface area contributed by atoms with Gasteiger partial charge in [0, 0.05) is 24.7 Å². The van der Waals surface area contributed by atoms with Gasteiger partial charge in [-0.15, -0.1) is 0 Å². The van der Waals surface area contributed by atoms with Gasteiger partial charge in [0.05, 0.1) is 5.69 Å². The number of carbonyl (C=O) groups is 1. The number of nitrogens with two attached hydrogens (primary N) is 1.